The van der Waals surface area contributed by atoms with E-state index >= 15 is 0 Å². The number of para-hydroxylation sites is 1. The Balaban J connectivity index is 1.60. The van der Waals surface area contributed by atoms with Crippen molar-refractivity contribution in [2.75, 3.05) is 26.2 Å². The Hall–Kier alpha value is -2.99. The fraction of sp³-hybridized carbons (Fsp3) is 0.400. The van der Waals surface area contributed by atoms with Gasteiger partial charge in [0.15, 0.2) is 5.43 Å². The molecule has 2 aromatic carbocycles. The van der Waals surface area contributed by atoms with E-state index in [1.54, 1.807) is 34.9 Å². The predicted octanol–water partition coefficient (Wildman–Crippen LogP) is 3.18. The van der Waals surface area contributed by atoms with Crippen LogP contribution in [0.2, 0.25) is 0 Å². The van der Waals surface area contributed by atoms with Gasteiger partial charge in [-0.15, -0.1) is 0 Å². The maximum Gasteiger partial charge on any atom is 0.310 e. The quantitative estimate of drug-likeness (QED) is 0.573. The third-order valence-corrected chi connectivity index (χ3v) is 6.07. The minimum atomic E-state index is -0.142. The summed E-state index contributed by atoms with van der Waals surface area (Å²) in [5.41, 5.74) is 0.407. The minimum absolute atomic E-state index is 0.0706. The Kier molecular flexibility index (Phi) is 6.47. The van der Waals surface area contributed by atoms with Gasteiger partial charge in [0.05, 0.1) is 23.4 Å². The van der Waals surface area contributed by atoms with Gasteiger partial charge >= 0.3 is 5.97 Å². The molecule has 3 aromatic rings. The van der Waals surface area contributed by atoms with Crippen LogP contribution >= 0.6 is 0 Å². The van der Waals surface area contributed by atoms with Gasteiger partial charge in [-0.3, -0.25) is 14.4 Å². The number of fused-ring (bicyclic) bond motifs is 2. The maximum absolute atomic E-state index is 13.3. The van der Waals surface area contributed by atoms with E-state index in [-0.39, 0.29) is 22.9 Å². The van der Waals surface area contributed by atoms with Crippen molar-refractivity contribution in [2.45, 2.75) is 32.7 Å². The van der Waals surface area contributed by atoms with Crippen LogP contribution in [-0.2, 0) is 16.1 Å². The fourth-order valence-corrected chi connectivity index (χ4v) is 4.55. The van der Waals surface area contributed by atoms with Crippen molar-refractivity contribution in [3.63, 3.8) is 0 Å². The number of likely N-dealkylation sites (tertiary alicyclic amines) is 1. The molecule has 0 saturated carbocycles. The number of hydrogen-bond donors (Lipinski definition) is 0. The van der Waals surface area contributed by atoms with E-state index in [2.05, 4.69) is 4.90 Å². The number of rotatable bonds is 6. The van der Waals surface area contributed by atoms with Crippen LogP contribution in [0.25, 0.3) is 21.7 Å². The summed E-state index contributed by atoms with van der Waals surface area (Å²) in [7, 11) is 0. The summed E-state index contributed by atoms with van der Waals surface area (Å²) < 4.78 is 6.92. The molecule has 1 aromatic heterocycles. The number of ether oxygens (including phenoxy) is 1. The van der Waals surface area contributed by atoms with Crippen LogP contribution in [0, 0.1) is 5.92 Å². The van der Waals surface area contributed by atoms with Crippen LogP contribution < -0.4 is 11.0 Å². The molecule has 1 fully saturated rings. The molecule has 162 valence electrons. The smallest absolute Gasteiger partial charge is 0.310 e. The topological polar surface area (TPSA) is 68.6 Å². The maximum atomic E-state index is 13.3. The van der Waals surface area contributed by atoms with Crippen LogP contribution in [0.1, 0.15) is 26.2 Å². The zero-order valence-corrected chi connectivity index (χ0v) is 17.9. The number of piperidine rings is 1. The molecule has 1 atom stereocenters. The van der Waals surface area contributed by atoms with Crippen molar-refractivity contribution in [3.05, 3.63) is 69.1 Å². The standard InChI is InChI=1S/C25H28N2O4/c1-2-31-25(30)18-9-7-14-26(17-18)15-8-16-27-22-13-6-5-12-21(22)23(28)19-10-3-4-11-20(19)24(27)29/h3-6,10-13,18H,2,7-9,14-17H2,1H3/t18-/m1/s1. The van der Waals surface area contributed by atoms with Gasteiger partial charge in [-0.2, -0.15) is 0 Å². The molecular formula is C25H28N2O4. The number of aromatic nitrogens is 1. The highest BCUT2D eigenvalue weighted by molar-refractivity contribution is 5.90. The molecule has 6 nitrogen and oxygen atoms in total. The first-order valence-corrected chi connectivity index (χ1v) is 11.0. The molecule has 0 amide bonds. The van der Waals surface area contributed by atoms with Gasteiger partial charge < -0.3 is 14.2 Å². The summed E-state index contributed by atoms with van der Waals surface area (Å²) in [5.74, 6) is -0.183. The number of hydrogen-bond acceptors (Lipinski definition) is 5. The molecular weight excluding hydrogens is 392 g/mol. The third-order valence-electron chi connectivity index (χ3n) is 6.07. The number of carbonyl (C=O) groups is 1. The monoisotopic (exact) mass is 420 g/mol. The second-order valence-electron chi connectivity index (χ2n) is 8.09. The van der Waals surface area contributed by atoms with E-state index in [1.807, 2.05) is 25.1 Å². The van der Waals surface area contributed by atoms with Gasteiger partial charge in [-0.25, -0.2) is 0 Å². The van der Waals surface area contributed by atoms with Crippen molar-refractivity contribution >= 4 is 27.6 Å². The molecule has 0 unspecified atom stereocenters. The Morgan fingerprint density at radius 1 is 1.00 bits per heavy atom. The predicted molar refractivity (Wildman–Crippen MR) is 122 cm³/mol. The van der Waals surface area contributed by atoms with E-state index in [4.69, 9.17) is 4.74 Å². The Labute approximate surface area is 181 Å². The Morgan fingerprint density at radius 3 is 2.48 bits per heavy atom. The average molecular weight is 421 g/mol. The highest BCUT2D eigenvalue weighted by atomic mass is 16.5. The fourth-order valence-electron chi connectivity index (χ4n) is 4.55. The summed E-state index contributed by atoms with van der Waals surface area (Å²) in [6, 6.07) is 14.3. The van der Waals surface area contributed by atoms with Crippen molar-refractivity contribution in [1.82, 2.24) is 9.47 Å². The number of nitrogens with zero attached hydrogens (tertiary/aromatic N) is 2. The molecule has 1 saturated heterocycles. The third kappa shape index (κ3) is 4.39. The Morgan fingerprint density at radius 2 is 1.71 bits per heavy atom. The van der Waals surface area contributed by atoms with E-state index in [9.17, 15) is 14.4 Å². The summed E-state index contributed by atoms with van der Waals surface area (Å²) >= 11 is 0. The normalized spacial score (nSPS) is 17.1. The van der Waals surface area contributed by atoms with Crippen molar-refractivity contribution < 1.29 is 9.53 Å². The molecule has 0 aliphatic carbocycles. The minimum Gasteiger partial charge on any atom is -0.466 e. The lowest BCUT2D eigenvalue weighted by Gasteiger charge is -2.31. The summed E-state index contributed by atoms with van der Waals surface area (Å²) in [6.45, 7) is 5.19. The van der Waals surface area contributed by atoms with Gasteiger partial charge in [0.25, 0.3) is 5.56 Å². The highest BCUT2D eigenvalue weighted by Gasteiger charge is 2.26. The highest BCUT2D eigenvalue weighted by Crippen LogP contribution is 2.19. The van der Waals surface area contributed by atoms with Gasteiger partial charge in [0.2, 0.25) is 0 Å². The molecule has 31 heavy (non-hydrogen) atoms. The molecule has 0 radical (unpaired) electrons. The lowest BCUT2D eigenvalue weighted by Crippen LogP contribution is -2.40. The number of esters is 1. The SMILES string of the molecule is CCOC(=O)[C@@H]1CCCN(CCCn2c(=O)c3ccccc3c(=O)c3ccccc32)C1. The summed E-state index contributed by atoms with van der Waals surface area (Å²) in [6.07, 6.45) is 2.59. The average Bonchev–Trinajstić information content (AvgIpc) is 2.89. The van der Waals surface area contributed by atoms with Crippen molar-refractivity contribution in [2.24, 2.45) is 5.92 Å². The first-order chi connectivity index (χ1) is 15.1. The molecule has 2 heterocycles. The second-order valence-corrected chi connectivity index (χ2v) is 8.09. The van der Waals surface area contributed by atoms with Crippen LogP contribution in [-0.4, -0.2) is 41.7 Å². The zero-order valence-electron chi connectivity index (χ0n) is 17.9. The lowest BCUT2D eigenvalue weighted by atomic mass is 9.98. The van der Waals surface area contributed by atoms with Crippen LogP contribution in [0.15, 0.2) is 58.1 Å². The molecule has 1 aliphatic heterocycles. The summed E-state index contributed by atoms with van der Waals surface area (Å²) in [4.78, 5) is 40.8. The molecule has 0 spiro atoms. The summed E-state index contributed by atoms with van der Waals surface area (Å²) in [5, 5.41) is 1.46. The van der Waals surface area contributed by atoms with Gasteiger partial charge in [0.1, 0.15) is 0 Å². The molecule has 0 N–H and O–H groups in total. The first kappa shape index (κ1) is 21.2. The molecule has 6 heteroatoms. The zero-order chi connectivity index (χ0) is 21.8. The van der Waals surface area contributed by atoms with Gasteiger partial charge in [-0.05, 0) is 57.5 Å². The van der Waals surface area contributed by atoms with E-state index in [1.165, 1.54) is 0 Å². The molecule has 1 aliphatic rings. The van der Waals surface area contributed by atoms with E-state index in [0.717, 1.165) is 32.4 Å². The largest absolute Gasteiger partial charge is 0.466 e. The molecule has 4 rings (SSSR count). The van der Waals surface area contributed by atoms with Gasteiger partial charge in [-0.1, -0.05) is 30.3 Å². The van der Waals surface area contributed by atoms with Crippen molar-refractivity contribution in [3.8, 4) is 0 Å². The number of aryl methyl sites for hydroxylation is 1. The second kappa shape index (κ2) is 9.43. The van der Waals surface area contributed by atoms with Crippen molar-refractivity contribution in [1.29, 1.82) is 0 Å². The van der Waals surface area contributed by atoms with Gasteiger partial charge in [0, 0.05) is 23.9 Å². The number of benzene rings is 2. The lowest BCUT2D eigenvalue weighted by molar-refractivity contribution is -0.149. The number of carbonyl (C=O) groups excluding carboxylic acids is 1. The Bertz CT molecular complexity index is 1220. The van der Waals surface area contributed by atoms with E-state index < -0.39 is 0 Å². The molecule has 0 bridgehead atoms. The first-order valence-electron chi connectivity index (χ1n) is 11.0. The van der Waals surface area contributed by atoms with Crippen LogP contribution in [0.3, 0.4) is 0 Å². The van der Waals surface area contributed by atoms with Crippen LogP contribution in [0.4, 0.5) is 0 Å². The van der Waals surface area contributed by atoms with Crippen LogP contribution in [0.5, 0.6) is 0 Å². The van der Waals surface area contributed by atoms with E-state index in [0.29, 0.717) is 41.4 Å².